The van der Waals surface area contributed by atoms with Gasteiger partial charge in [0, 0.05) is 16.1 Å². The van der Waals surface area contributed by atoms with E-state index in [0.717, 1.165) is 4.47 Å². The Morgan fingerprint density at radius 2 is 2.14 bits per heavy atom. The van der Waals surface area contributed by atoms with Gasteiger partial charge in [-0.3, -0.25) is 5.10 Å². The third-order valence-electron chi connectivity index (χ3n) is 1.74. The summed E-state index contributed by atoms with van der Waals surface area (Å²) in [5.41, 5.74) is 1.39. The molecule has 0 aliphatic carbocycles. The Morgan fingerprint density at radius 1 is 1.36 bits per heavy atom. The molecule has 71 valence electrons. The zero-order chi connectivity index (χ0) is 10.1. The highest BCUT2D eigenvalue weighted by atomic mass is 79.9. The van der Waals surface area contributed by atoms with Gasteiger partial charge in [-0.1, -0.05) is 23.2 Å². The van der Waals surface area contributed by atoms with Gasteiger partial charge in [0.15, 0.2) is 0 Å². The lowest BCUT2D eigenvalue weighted by molar-refractivity contribution is 1.10. The van der Waals surface area contributed by atoms with Crippen LogP contribution in [0, 0.1) is 6.07 Å². The summed E-state index contributed by atoms with van der Waals surface area (Å²) in [6, 6.07) is 6.47. The summed E-state index contributed by atoms with van der Waals surface area (Å²) >= 11 is 15.4. The number of aromatic amines is 1. The van der Waals surface area contributed by atoms with Crippen LogP contribution in [0.25, 0.3) is 11.3 Å². The fraction of sp³-hybridized carbons (Fsp3) is 0. The fourth-order valence-corrected chi connectivity index (χ4v) is 2.00. The molecule has 0 saturated heterocycles. The molecule has 0 amide bonds. The summed E-state index contributed by atoms with van der Waals surface area (Å²) in [7, 11) is 0. The van der Waals surface area contributed by atoms with Crippen LogP contribution in [0.15, 0.2) is 22.8 Å². The second-order valence-electron chi connectivity index (χ2n) is 2.61. The van der Waals surface area contributed by atoms with E-state index in [1.807, 2.05) is 0 Å². The molecule has 1 heterocycles. The molecule has 5 heteroatoms. The number of rotatable bonds is 1. The van der Waals surface area contributed by atoms with Crippen LogP contribution in [0.2, 0.25) is 10.0 Å². The predicted molar refractivity (Wildman–Crippen MR) is 60.6 cm³/mol. The molecule has 14 heavy (non-hydrogen) atoms. The summed E-state index contributed by atoms with van der Waals surface area (Å²) in [6.45, 7) is 0. The lowest BCUT2D eigenvalue weighted by Gasteiger charge is -2.05. The van der Waals surface area contributed by atoms with E-state index in [9.17, 15) is 0 Å². The van der Waals surface area contributed by atoms with Gasteiger partial charge >= 0.3 is 0 Å². The molecule has 0 bridgehead atoms. The lowest BCUT2D eigenvalue weighted by atomic mass is 10.1. The van der Waals surface area contributed by atoms with Crippen molar-refractivity contribution in [3.05, 3.63) is 38.9 Å². The smallest absolute Gasteiger partial charge is 0.0760 e. The molecule has 0 unspecified atom stereocenters. The average molecular weight is 291 g/mol. The lowest BCUT2D eigenvalue weighted by Crippen LogP contribution is -1.83. The monoisotopic (exact) mass is 289 g/mol. The maximum atomic E-state index is 6.09. The molecule has 2 aromatic rings. The molecule has 0 saturated carbocycles. The second-order valence-corrected chi connectivity index (χ2v) is 4.25. The molecule has 1 aromatic heterocycles. The van der Waals surface area contributed by atoms with Crippen molar-refractivity contribution in [3.63, 3.8) is 0 Å². The van der Waals surface area contributed by atoms with Crippen molar-refractivity contribution in [2.45, 2.75) is 0 Å². The SMILES string of the molecule is Clc1ccc(Br)c(Cl)c1-c1[c]cn[nH]1. The maximum Gasteiger partial charge on any atom is 0.0760 e. The largest absolute Gasteiger partial charge is 0.277 e. The molecule has 1 N–H and O–H groups in total. The predicted octanol–water partition coefficient (Wildman–Crippen LogP) is 3.95. The van der Waals surface area contributed by atoms with Gasteiger partial charge in [-0.15, -0.1) is 0 Å². The topological polar surface area (TPSA) is 28.7 Å². The minimum Gasteiger partial charge on any atom is -0.277 e. The van der Waals surface area contributed by atoms with E-state index < -0.39 is 0 Å². The summed E-state index contributed by atoms with van der Waals surface area (Å²) in [4.78, 5) is 0. The molecule has 0 aliphatic rings. The number of hydrogen-bond donors (Lipinski definition) is 1. The van der Waals surface area contributed by atoms with E-state index in [-0.39, 0.29) is 0 Å². The molecule has 0 spiro atoms. The highest BCUT2D eigenvalue weighted by Gasteiger charge is 2.12. The second kappa shape index (κ2) is 3.93. The molecule has 1 radical (unpaired) electrons. The van der Waals surface area contributed by atoms with Crippen molar-refractivity contribution in [1.29, 1.82) is 0 Å². The van der Waals surface area contributed by atoms with Crippen LogP contribution in [0.3, 0.4) is 0 Å². The van der Waals surface area contributed by atoms with Gasteiger partial charge in [0.2, 0.25) is 0 Å². The van der Waals surface area contributed by atoms with Crippen LogP contribution in [-0.2, 0) is 0 Å². The molecule has 0 aliphatic heterocycles. The van der Waals surface area contributed by atoms with Crippen molar-refractivity contribution < 1.29 is 0 Å². The van der Waals surface area contributed by atoms with Crippen LogP contribution in [0.5, 0.6) is 0 Å². The Labute approximate surface area is 99.4 Å². The number of benzene rings is 1. The number of nitrogens with zero attached hydrogens (tertiary/aromatic N) is 1. The quantitative estimate of drug-likeness (QED) is 0.792. The van der Waals surface area contributed by atoms with Gasteiger partial charge < -0.3 is 0 Å². The third-order valence-corrected chi connectivity index (χ3v) is 3.34. The summed E-state index contributed by atoms with van der Waals surface area (Å²) in [5.74, 6) is 0. The minimum atomic E-state index is 0.554. The van der Waals surface area contributed by atoms with Gasteiger partial charge in [0.05, 0.1) is 21.9 Å². The standard InChI is InChI=1S/C9H4BrCl2N2/c10-5-1-2-6(11)8(9(5)12)7-3-4-13-14-7/h1-2,4H,(H,13,14). The first-order valence-corrected chi connectivity index (χ1v) is 5.30. The van der Waals surface area contributed by atoms with Crippen molar-refractivity contribution in [2.24, 2.45) is 0 Å². The van der Waals surface area contributed by atoms with Gasteiger partial charge in [0.25, 0.3) is 0 Å². The van der Waals surface area contributed by atoms with E-state index in [2.05, 4.69) is 32.2 Å². The van der Waals surface area contributed by atoms with E-state index in [4.69, 9.17) is 23.2 Å². The third kappa shape index (κ3) is 1.67. The van der Waals surface area contributed by atoms with Gasteiger partial charge in [-0.05, 0) is 28.1 Å². The fourth-order valence-electron chi connectivity index (χ4n) is 1.11. The first kappa shape index (κ1) is 10.0. The number of H-pyrrole nitrogens is 1. The number of halogens is 3. The Hall–Kier alpha value is -0.510. The van der Waals surface area contributed by atoms with Crippen LogP contribution >= 0.6 is 39.1 Å². The Morgan fingerprint density at radius 3 is 2.79 bits per heavy atom. The molecular formula is C9H4BrCl2N2. The summed E-state index contributed by atoms with van der Waals surface area (Å²) in [5, 5.41) is 7.69. The summed E-state index contributed by atoms with van der Waals surface area (Å²) < 4.78 is 0.793. The average Bonchev–Trinajstić information content (AvgIpc) is 2.65. The van der Waals surface area contributed by atoms with Crippen molar-refractivity contribution in [2.75, 3.05) is 0 Å². The zero-order valence-corrected chi connectivity index (χ0v) is 9.91. The van der Waals surface area contributed by atoms with Gasteiger partial charge in [-0.25, -0.2) is 0 Å². The van der Waals surface area contributed by atoms with Gasteiger partial charge in [-0.2, -0.15) is 5.10 Å². The van der Waals surface area contributed by atoms with Crippen LogP contribution in [-0.4, -0.2) is 10.2 Å². The van der Waals surface area contributed by atoms with Crippen LogP contribution < -0.4 is 0 Å². The molecule has 0 atom stereocenters. The van der Waals surface area contributed by atoms with Crippen molar-refractivity contribution >= 4 is 39.1 Å². The highest BCUT2D eigenvalue weighted by molar-refractivity contribution is 9.10. The highest BCUT2D eigenvalue weighted by Crippen LogP contribution is 2.37. The Kier molecular flexibility index (Phi) is 2.81. The first-order chi connectivity index (χ1) is 6.70. The van der Waals surface area contributed by atoms with Crippen LogP contribution in [0.1, 0.15) is 0 Å². The Balaban J connectivity index is 2.69. The van der Waals surface area contributed by atoms with Crippen molar-refractivity contribution in [3.8, 4) is 11.3 Å². The van der Waals surface area contributed by atoms with Crippen LogP contribution in [0.4, 0.5) is 0 Å². The van der Waals surface area contributed by atoms with E-state index in [1.165, 1.54) is 6.20 Å². The summed E-state index contributed by atoms with van der Waals surface area (Å²) in [6.07, 6.45) is 1.53. The number of nitrogens with one attached hydrogen (secondary N) is 1. The molecular weight excluding hydrogens is 287 g/mol. The Bertz CT molecular complexity index is 454. The number of aromatic nitrogens is 2. The zero-order valence-electron chi connectivity index (χ0n) is 6.81. The van der Waals surface area contributed by atoms with Gasteiger partial charge in [0.1, 0.15) is 0 Å². The van der Waals surface area contributed by atoms with E-state index in [0.29, 0.717) is 21.3 Å². The minimum absolute atomic E-state index is 0.554. The number of hydrogen-bond acceptors (Lipinski definition) is 1. The normalized spacial score (nSPS) is 10.5. The molecule has 1 aromatic carbocycles. The maximum absolute atomic E-state index is 6.09. The first-order valence-electron chi connectivity index (χ1n) is 3.75. The van der Waals surface area contributed by atoms with E-state index in [1.54, 1.807) is 12.1 Å². The van der Waals surface area contributed by atoms with Crippen molar-refractivity contribution in [1.82, 2.24) is 10.2 Å². The molecule has 2 rings (SSSR count). The van der Waals surface area contributed by atoms with E-state index >= 15 is 0 Å². The molecule has 0 fully saturated rings. The molecule has 2 nitrogen and oxygen atoms in total.